The number of nitrogens with zero attached hydrogens (tertiary/aromatic N) is 6. The van der Waals surface area contributed by atoms with Crippen LogP contribution in [0.1, 0.15) is 41.5 Å². The molecule has 0 saturated heterocycles. The molecule has 0 spiro atoms. The van der Waals surface area contributed by atoms with Crippen molar-refractivity contribution in [3.05, 3.63) is 106 Å². The highest BCUT2D eigenvalue weighted by Crippen LogP contribution is 2.45. The lowest BCUT2D eigenvalue weighted by atomic mass is 9.79. The number of hydrogen-bond acceptors (Lipinski definition) is 8. The molecule has 13 heteroatoms. The molecule has 0 saturated carbocycles. The average Bonchev–Trinajstić information content (AvgIpc) is 3.75. The molecule has 39 heavy (non-hydrogen) atoms. The van der Waals surface area contributed by atoms with E-state index in [1.807, 2.05) is 37.4 Å². The number of fused-ring (bicyclic) bond motifs is 3. The van der Waals surface area contributed by atoms with E-state index >= 15 is 0 Å². The van der Waals surface area contributed by atoms with Crippen molar-refractivity contribution < 1.29 is 8.81 Å². The molecule has 1 aliphatic rings. The first-order chi connectivity index (χ1) is 19.0. The second kappa shape index (κ2) is 8.49. The molecule has 0 aliphatic carbocycles. The SMILES string of the molecule is CCn1cc(C2(c3nn(N)c(=O)o3)N[C@@H](c3nc(-c4ccc(F)cn4)c[nH]3)Cc3c2[nH]c2ccccc32)cn1. The number of imidazole rings is 1. The van der Waals surface area contributed by atoms with Gasteiger partial charge in [-0.25, -0.2) is 14.2 Å². The van der Waals surface area contributed by atoms with Crippen molar-refractivity contribution in [3.63, 3.8) is 0 Å². The van der Waals surface area contributed by atoms with Gasteiger partial charge in [0.1, 0.15) is 17.3 Å². The Bertz CT molecular complexity index is 1880. The molecule has 1 aliphatic heterocycles. The number of aromatic nitrogens is 8. The number of halogens is 1. The van der Waals surface area contributed by atoms with E-state index in [2.05, 4.69) is 30.5 Å². The highest BCUT2D eigenvalue weighted by Gasteiger charge is 2.51. The van der Waals surface area contributed by atoms with Crippen LogP contribution in [0.5, 0.6) is 0 Å². The summed E-state index contributed by atoms with van der Waals surface area (Å²) in [7, 11) is 0. The third kappa shape index (κ3) is 3.50. The molecule has 0 bridgehead atoms. The maximum atomic E-state index is 13.4. The number of aromatic amines is 2. The van der Waals surface area contributed by atoms with E-state index in [0.29, 0.717) is 40.5 Å². The van der Waals surface area contributed by atoms with E-state index in [4.69, 9.17) is 15.2 Å². The Kier molecular flexibility index (Phi) is 5.03. The Morgan fingerprint density at radius 3 is 2.82 bits per heavy atom. The van der Waals surface area contributed by atoms with E-state index < -0.39 is 17.1 Å². The molecule has 196 valence electrons. The molecule has 6 aromatic rings. The summed E-state index contributed by atoms with van der Waals surface area (Å²) in [6.07, 6.45) is 7.05. The van der Waals surface area contributed by atoms with Gasteiger partial charge < -0.3 is 20.2 Å². The van der Waals surface area contributed by atoms with Gasteiger partial charge in [0, 0.05) is 35.4 Å². The van der Waals surface area contributed by atoms with Gasteiger partial charge in [-0.3, -0.25) is 15.0 Å². The van der Waals surface area contributed by atoms with Crippen molar-refractivity contribution in [3.8, 4) is 11.4 Å². The summed E-state index contributed by atoms with van der Waals surface area (Å²) in [6, 6.07) is 10.5. The lowest BCUT2D eigenvalue weighted by Crippen LogP contribution is -2.51. The first-order valence-corrected chi connectivity index (χ1v) is 12.4. The van der Waals surface area contributed by atoms with Gasteiger partial charge in [0.25, 0.3) is 5.89 Å². The van der Waals surface area contributed by atoms with Crippen LogP contribution in [0.15, 0.2) is 70.4 Å². The van der Waals surface area contributed by atoms with E-state index in [9.17, 15) is 9.18 Å². The molecule has 0 fully saturated rings. The first kappa shape index (κ1) is 23.1. The number of benzene rings is 1. The van der Waals surface area contributed by atoms with Crippen LogP contribution < -0.4 is 16.9 Å². The summed E-state index contributed by atoms with van der Waals surface area (Å²) in [4.78, 5) is 28.9. The lowest BCUT2D eigenvalue weighted by Gasteiger charge is -2.38. The predicted octanol–water partition coefficient (Wildman–Crippen LogP) is 2.35. The first-order valence-electron chi connectivity index (χ1n) is 12.4. The molecule has 0 amide bonds. The number of pyridine rings is 1. The summed E-state index contributed by atoms with van der Waals surface area (Å²) in [5, 5.41) is 13.5. The van der Waals surface area contributed by atoms with Crippen LogP contribution in [0.25, 0.3) is 22.3 Å². The van der Waals surface area contributed by atoms with E-state index in [0.717, 1.165) is 28.4 Å². The van der Waals surface area contributed by atoms with E-state index in [1.54, 1.807) is 23.1 Å². The van der Waals surface area contributed by atoms with E-state index in [-0.39, 0.29) is 11.9 Å². The van der Waals surface area contributed by atoms with Gasteiger partial charge in [-0.1, -0.05) is 18.2 Å². The fourth-order valence-corrected chi connectivity index (χ4v) is 5.35. The fourth-order valence-electron chi connectivity index (χ4n) is 5.35. The number of nitrogens with two attached hydrogens (primary N) is 1. The van der Waals surface area contributed by atoms with Crippen LogP contribution in [0, 0.1) is 5.82 Å². The second-order valence-corrected chi connectivity index (χ2v) is 9.41. The Hall–Kier alpha value is -5.04. The minimum atomic E-state index is -1.25. The predicted molar refractivity (Wildman–Crippen MR) is 138 cm³/mol. The number of nitrogen functional groups attached to an aromatic ring is 1. The van der Waals surface area contributed by atoms with Crippen LogP contribution in [-0.4, -0.2) is 39.6 Å². The smallest absolute Gasteiger partial charge is 0.388 e. The Labute approximate surface area is 219 Å². The van der Waals surface area contributed by atoms with Crippen molar-refractivity contribution >= 4 is 10.9 Å². The highest BCUT2D eigenvalue weighted by atomic mass is 19.1. The van der Waals surface area contributed by atoms with Crippen LogP contribution in [0.2, 0.25) is 0 Å². The zero-order valence-corrected chi connectivity index (χ0v) is 20.7. The van der Waals surface area contributed by atoms with E-state index in [1.165, 1.54) is 6.07 Å². The normalized spacial score (nSPS) is 19.0. The van der Waals surface area contributed by atoms with Gasteiger partial charge in [-0.05, 0) is 37.1 Å². The number of H-pyrrole nitrogens is 2. The topological polar surface area (TPSA) is 161 Å². The minimum absolute atomic E-state index is 0.0649. The molecule has 0 radical (unpaired) electrons. The molecular formula is C26H23FN10O2. The van der Waals surface area contributed by atoms with Gasteiger partial charge >= 0.3 is 5.76 Å². The molecule has 7 rings (SSSR count). The molecule has 5 N–H and O–H groups in total. The zero-order valence-electron chi connectivity index (χ0n) is 20.7. The van der Waals surface area contributed by atoms with Crippen LogP contribution in [0.3, 0.4) is 0 Å². The van der Waals surface area contributed by atoms with Crippen molar-refractivity contribution in [2.45, 2.75) is 31.5 Å². The van der Waals surface area contributed by atoms with Gasteiger partial charge in [0.2, 0.25) is 0 Å². The number of aryl methyl sites for hydroxylation is 1. The summed E-state index contributed by atoms with van der Waals surface area (Å²) in [6.45, 7) is 2.62. The average molecular weight is 527 g/mol. The highest BCUT2D eigenvalue weighted by molar-refractivity contribution is 5.86. The number of para-hydroxylation sites is 1. The maximum Gasteiger partial charge on any atom is 0.456 e. The van der Waals surface area contributed by atoms with Gasteiger partial charge in [-0.15, -0.1) is 9.89 Å². The largest absolute Gasteiger partial charge is 0.456 e. The Balaban J connectivity index is 1.46. The molecular weight excluding hydrogens is 503 g/mol. The molecule has 2 atom stereocenters. The van der Waals surface area contributed by atoms with Gasteiger partial charge in [-0.2, -0.15) is 5.10 Å². The number of hydrogen-bond donors (Lipinski definition) is 4. The Morgan fingerprint density at radius 1 is 1.21 bits per heavy atom. The molecule has 1 unspecified atom stereocenters. The van der Waals surface area contributed by atoms with Crippen LogP contribution in [0.4, 0.5) is 4.39 Å². The quantitative estimate of drug-likeness (QED) is 0.249. The lowest BCUT2D eigenvalue weighted by molar-refractivity contribution is 0.284. The standard InChI is InChI=1S/C26H23FN10O2/c1-2-36-13-14(10-31-36)26(24-35-37(28)25(38)39-24)22-17(16-5-3-4-6-18(16)32-22)9-20(34-26)23-30-12-21(33-23)19-8-7-15(27)11-29-19/h3-8,10-13,20,32,34H,2,9,28H2,1H3,(H,30,33)/t20-,26?/m1/s1. The zero-order chi connectivity index (χ0) is 26.7. The van der Waals surface area contributed by atoms with Gasteiger partial charge in [0.15, 0.2) is 5.54 Å². The van der Waals surface area contributed by atoms with Gasteiger partial charge in [0.05, 0.1) is 29.8 Å². The van der Waals surface area contributed by atoms with Crippen molar-refractivity contribution in [2.24, 2.45) is 0 Å². The number of nitrogens with one attached hydrogen (secondary N) is 3. The fraction of sp³-hybridized carbons (Fsp3) is 0.192. The second-order valence-electron chi connectivity index (χ2n) is 9.41. The molecule has 6 heterocycles. The van der Waals surface area contributed by atoms with Crippen LogP contribution in [-0.2, 0) is 18.5 Å². The minimum Gasteiger partial charge on any atom is -0.388 e. The third-order valence-electron chi connectivity index (χ3n) is 7.19. The summed E-state index contributed by atoms with van der Waals surface area (Å²) < 4.78 is 20.9. The molecule has 1 aromatic carbocycles. The maximum absolute atomic E-state index is 13.4. The van der Waals surface area contributed by atoms with Crippen molar-refractivity contribution in [1.29, 1.82) is 0 Å². The van der Waals surface area contributed by atoms with Crippen LogP contribution >= 0.6 is 0 Å². The third-order valence-corrected chi connectivity index (χ3v) is 7.19. The molecule has 5 aromatic heterocycles. The Morgan fingerprint density at radius 2 is 2.08 bits per heavy atom. The summed E-state index contributed by atoms with van der Waals surface area (Å²) in [5.74, 6) is 5.29. The van der Waals surface area contributed by atoms with Crippen molar-refractivity contribution in [1.82, 2.24) is 44.9 Å². The summed E-state index contributed by atoms with van der Waals surface area (Å²) >= 11 is 0. The number of rotatable bonds is 5. The summed E-state index contributed by atoms with van der Waals surface area (Å²) in [5.41, 5.74) is 3.24. The molecule has 12 nitrogen and oxygen atoms in total. The van der Waals surface area contributed by atoms with Crippen molar-refractivity contribution in [2.75, 3.05) is 5.84 Å². The monoisotopic (exact) mass is 526 g/mol.